The molecule has 1 saturated heterocycles. The summed E-state index contributed by atoms with van der Waals surface area (Å²) in [6.45, 7) is 4.60. The topological polar surface area (TPSA) is 45.2 Å². The highest BCUT2D eigenvalue weighted by Gasteiger charge is 2.28. The number of carbonyl (C=O) groups is 1. The van der Waals surface area contributed by atoms with Crippen molar-refractivity contribution in [3.05, 3.63) is 30.1 Å². The van der Waals surface area contributed by atoms with Gasteiger partial charge in [0, 0.05) is 19.3 Å². The summed E-state index contributed by atoms with van der Waals surface area (Å²) in [5, 5.41) is 3.02. The molecule has 1 aromatic heterocycles. The molecule has 1 N–H and O–H groups in total. The predicted octanol–water partition coefficient (Wildman–Crippen LogP) is 1.96. The summed E-state index contributed by atoms with van der Waals surface area (Å²) in [5.74, 6) is 0.178. The molecule has 1 amide bonds. The van der Waals surface area contributed by atoms with Crippen LogP contribution >= 0.6 is 0 Å². The molecule has 0 saturated carbocycles. The minimum Gasteiger partial charge on any atom is -0.355 e. The van der Waals surface area contributed by atoms with E-state index in [-0.39, 0.29) is 11.9 Å². The van der Waals surface area contributed by atoms with E-state index in [4.69, 9.17) is 0 Å². The zero-order valence-corrected chi connectivity index (χ0v) is 11.6. The quantitative estimate of drug-likeness (QED) is 0.881. The first-order valence-electron chi connectivity index (χ1n) is 7.23. The van der Waals surface area contributed by atoms with Crippen molar-refractivity contribution < 1.29 is 4.79 Å². The average molecular weight is 261 g/mol. The molecular weight excluding hydrogens is 238 g/mol. The Morgan fingerprint density at radius 3 is 3.11 bits per heavy atom. The number of pyridine rings is 1. The van der Waals surface area contributed by atoms with Crippen molar-refractivity contribution >= 4 is 5.91 Å². The fraction of sp³-hybridized carbons (Fsp3) is 0.600. The molecule has 1 unspecified atom stereocenters. The van der Waals surface area contributed by atoms with Crippen LogP contribution in [0.3, 0.4) is 0 Å². The van der Waals surface area contributed by atoms with E-state index in [1.165, 1.54) is 6.42 Å². The van der Waals surface area contributed by atoms with Gasteiger partial charge in [-0.1, -0.05) is 19.4 Å². The molecule has 0 spiro atoms. The van der Waals surface area contributed by atoms with Gasteiger partial charge in [-0.3, -0.25) is 14.7 Å². The first kappa shape index (κ1) is 14.0. The monoisotopic (exact) mass is 261 g/mol. The van der Waals surface area contributed by atoms with Crippen LogP contribution in [0.5, 0.6) is 0 Å². The van der Waals surface area contributed by atoms with Gasteiger partial charge in [0.2, 0.25) is 5.91 Å². The van der Waals surface area contributed by atoms with Gasteiger partial charge < -0.3 is 5.32 Å². The van der Waals surface area contributed by atoms with Gasteiger partial charge in [-0.05, 0) is 37.9 Å². The molecule has 2 rings (SSSR count). The minimum absolute atomic E-state index is 0.0160. The Morgan fingerprint density at radius 2 is 2.37 bits per heavy atom. The Hall–Kier alpha value is -1.42. The standard InChI is InChI=1S/C15H23N3O/c1-2-9-17-15(19)14-8-4-6-11-18(14)12-13-7-3-5-10-16-13/h3,5,7,10,14H,2,4,6,8-9,11-12H2,1H3,(H,17,19). The zero-order valence-electron chi connectivity index (χ0n) is 11.6. The number of likely N-dealkylation sites (tertiary alicyclic amines) is 1. The van der Waals surface area contributed by atoms with E-state index in [0.29, 0.717) is 0 Å². The van der Waals surface area contributed by atoms with Gasteiger partial charge >= 0.3 is 0 Å². The molecule has 1 aliphatic rings. The van der Waals surface area contributed by atoms with E-state index in [1.807, 2.05) is 24.4 Å². The molecule has 2 heterocycles. The van der Waals surface area contributed by atoms with Crippen molar-refractivity contribution in [1.29, 1.82) is 0 Å². The lowest BCUT2D eigenvalue weighted by molar-refractivity contribution is -0.127. The number of piperidine rings is 1. The van der Waals surface area contributed by atoms with Gasteiger partial charge in [0.25, 0.3) is 0 Å². The fourth-order valence-electron chi connectivity index (χ4n) is 2.54. The van der Waals surface area contributed by atoms with Gasteiger partial charge in [0.05, 0.1) is 11.7 Å². The molecular formula is C15H23N3O. The number of nitrogens with zero attached hydrogens (tertiary/aromatic N) is 2. The van der Waals surface area contributed by atoms with Crippen molar-refractivity contribution in [2.45, 2.75) is 45.2 Å². The third-order valence-electron chi connectivity index (χ3n) is 3.56. The van der Waals surface area contributed by atoms with Crippen LogP contribution in [0.4, 0.5) is 0 Å². The summed E-state index contributed by atoms with van der Waals surface area (Å²) in [5.41, 5.74) is 1.04. The van der Waals surface area contributed by atoms with Gasteiger partial charge in [0.1, 0.15) is 0 Å². The molecule has 0 aromatic carbocycles. The van der Waals surface area contributed by atoms with Crippen molar-refractivity contribution in [1.82, 2.24) is 15.2 Å². The van der Waals surface area contributed by atoms with Crippen LogP contribution in [0.25, 0.3) is 0 Å². The summed E-state index contributed by atoms with van der Waals surface area (Å²) in [4.78, 5) is 18.8. The average Bonchev–Trinajstić information content (AvgIpc) is 2.46. The maximum absolute atomic E-state index is 12.2. The second-order valence-electron chi connectivity index (χ2n) is 5.09. The Balaban J connectivity index is 1.97. The lowest BCUT2D eigenvalue weighted by Crippen LogP contribution is -2.49. The predicted molar refractivity (Wildman–Crippen MR) is 75.6 cm³/mol. The van der Waals surface area contributed by atoms with Crippen LogP contribution < -0.4 is 5.32 Å². The van der Waals surface area contributed by atoms with Crippen LogP contribution in [-0.4, -0.2) is 34.9 Å². The van der Waals surface area contributed by atoms with Gasteiger partial charge in [-0.15, -0.1) is 0 Å². The zero-order chi connectivity index (χ0) is 13.5. The number of rotatable bonds is 5. The van der Waals surface area contributed by atoms with Crippen molar-refractivity contribution in [3.63, 3.8) is 0 Å². The maximum atomic E-state index is 12.2. The third-order valence-corrected chi connectivity index (χ3v) is 3.56. The smallest absolute Gasteiger partial charge is 0.237 e. The molecule has 104 valence electrons. The van der Waals surface area contributed by atoms with Crippen LogP contribution in [-0.2, 0) is 11.3 Å². The first-order valence-corrected chi connectivity index (χ1v) is 7.23. The summed E-state index contributed by atoms with van der Waals surface area (Å²) >= 11 is 0. The number of hydrogen-bond donors (Lipinski definition) is 1. The Morgan fingerprint density at radius 1 is 1.47 bits per heavy atom. The summed E-state index contributed by atoms with van der Waals surface area (Å²) in [6, 6.07) is 5.96. The van der Waals surface area contributed by atoms with E-state index in [9.17, 15) is 4.79 Å². The van der Waals surface area contributed by atoms with Gasteiger partial charge in [-0.25, -0.2) is 0 Å². The van der Waals surface area contributed by atoms with E-state index in [1.54, 1.807) is 0 Å². The van der Waals surface area contributed by atoms with Crippen molar-refractivity contribution in [3.8, 4) is 0 Å². The Kier molecular flexibility index (Phi) is 5.33. The number of carbonyl (C=O) groups excluding carboxylic acids is 1. The molecule has 4 heteroatoms. The first-order chi connectivity index (χ1) is 9.31. The van der Waals surface area contributed by atoms with E-state index >= 15 is 0 Å². The largest absolute Gasteiger partial charge is 0.355 e. The highest BCUT2D eigenvalue weighted by atomic mass is 16.2. The molecule has 0 bridgehead atoms. The van der Waals surface area contributed by atoms with Crippen LogP contribution in [0.2, 0.25) is 0 Å². The fourth-order valence-corrected chi connectivity index (χ4v) is 2.54. The normalized spacial score (nSPS) is 20.2. The van der Waals surface area contributed by atoms with Crippen molar-refractivity contribution in [2.75, 3.05) is 13.1 Å². The Labute approximate surface area is 115 Å². The molecule has 19 heavy (non-hydrogen) atoms. The SMILES string of the molecule is CCCNC(=O)C1CCCCN1Cc1ccccn1. The second-order valence-corrected chi connectivity index (χ2v) is 5.09. The molecule has 0 radical (unpaired) electrons. The second kappa shape index (κ2) is 7.24. The molecule has 1 aliphatic heterocycles. The number of amides is 1. The summed E-state index contributed by atoms with van der Waals surface area (Å²) in [6.07, 6.45) is 6.07. The number of hydrogen-bond acceptors (Lipinski definition) is 3. The van der Waals surface area contributed by atoms with Gasteiger partial charge in [-0.2, -0.15) is 0 Å². The minimum atomic E-state index is 0.0160. The van der Waals surface area contributed by atoms with Crippen LogP contribution in [0.15, 0.2) is 24.4 Å². The molecule has 1 atom stereocenters. The highest BCUT2D eigenvalue weighted by molar-refractivity contribution is 5.81. The van der Waals surface area contributed by atoms with Crippen LogP contribution in [0.1, 0.15) is 38.3 Å². The van der Waals surface area contributed by atoms with E-state index in [0.717, 1.165) is 44.6 Å². The summed E-state index contributed by atoms with van der Waals surface area (Å²) < 4.78 is 0. The maximum Gasteiger partial charge on any atom is 0.237 e. The van der Waals surface area contributed by atoms with Gasteiger partial charge in [0.15, 0.2) is 0 Å². The molecule has 1 aromatic rings. The van der Waals surface area contributed by atoms with Crippen LogP contribution in [0, 0.1) is 0 Å². The number of aromatic nitrogens is 1. The third kappa shape index (κ3) is 4.03. The lowest BCUT2D eigenvalue weighted by atomic mass is 10.0. The summed E-state index contributed by atoms with van der Waals surface area (Å²) in [7, 11) is 0. The number of nitrogens with one attached hydrogen (secondary N) is 1. The van der Waals surface area contributed by atoms with Crippen molar-refractivity contribution in [2.24, 2.45) is 0 Å². The van der Waals surface area contributed by atoms with E-state index in [2.05, 4.69) is 22.1 Å². The lowest BCUT2D eigenvalue weighted by Gasteiger charge is -2.34. The molecule has 4 nitrogen and oxygen atoms in total. The molecule has 1 fully saturated rings. The Bertz CT molecular complexity index is 394. The molecule has 0 aliphatic carbocycles. The highest BCUT2D eigenvalue weighted by Crippen LogP contribution is 2.19. The van der Waals surface area contributed by atoms with E-state index < -0.39 is 0 Å².